The molecule has 10 nitrogen and oxygen atoms in total. The number of phenols is 1. The fraction of sp³-hybridized carbons (Fsp3) is 0.0909. The van der Waals surface area contributed by atoms with Gasteiger partial charge in [-0.05, 0) is 64.4 Å². The van der Waals surface area contributed by atoms with Gasteiger partial charge < -0.3 is 10.4 Å². The van der Waals surface area contributed by atoms with Crippen LogP contribution in [0.15, 0.2) is 120 Å². The molecule has 1 aliphatic heterocycles. The van der Waals surface area contributed by atoms with Crippen molar-refractivity contribution >= 4 is 69.0 Å². The zero-order valence-electron chi connectivity index (χ0n) is 23.9. The summed E-state index contributed by atoms with van der Waals surface area (Å²) < 4.78 is 0.166. The highest BCUT2D eigenvalue weighted by molar-refractivity contribution is 14.1. The number of halogens is 1. The van der Waals surface area contributed by atoms with E-state index in [9.17, 15) is 29.6 Å². The van der Waals surface area contributed by atoms with Crippen LogP contribution >= 0.6 is 34.4 Å². The topological polar surface area (TPSA) is 142 Å². The predicted octanol–water partition coefficient (Wildman–Crippen LogP) is 6.30. The van der Waals surface area contributed by atoms with Crippen molar-refractivity contribution in [2.45, 2.75) is 13.0 Å². The molecule has 12 heteroatoms. The van der Waals surface area contributed by atoms with Gasteiger partial charge in [-0.3, -0.25) is 29.4 Å². The van der Waals surface area contributed by atoms with Gasteiger partial charge in [-0.15, -0.1) is 0 Å². The molecular formula is C33H27IN4O6S. The van der Waals surface area contributed by atoms with Crippen LogP contribution in [-0.2, 0) is 14.4 Å². The second-order valence-electron chi connectivity index (χ2n) is 9.44. The molecule has 0 unspecified atom stereocenters. The molecule has 0 spiro atoms. The predicted molar refractivity (Wildman–Crippen MR) is 183 cm³/mol. The first-order valence-corrected chi connectivity index (χ1v) is 15.5. The minimum Gasteiger partial charge on any atom is -0.501 e. The molecule has 0 saturated heterocycles. The highest BCUT2D eigenvalue weighted by Crippen LogP contribution is 2.34. The maximum atomic E-state index is 13.8. The molecule has 3 aromatic rings. The van der Waals surface area contributed by atoms with Crippen LogP contribution in [0.3, 0.4) is 0 Å². The van der Waals surface area contributed by atoms with Crippen LogP contribution in [0.5, 0.6) is 5.75 Å². The van der Waals surface area contributed by atoms with Crippen molar-refractivity contribution < 1.29 is 24.4 Å². The van der Waals surface area contributed by atoms with Crippen LogP contribution in [0.25, 0.3) is 6.08 Å². The molecule has 0 aromatic heterocycles. The molecular weight excluding hydrogens is 707 g/mol. The highest BCUT2D eigenvalue weighted by atomic mass is 127. The fourth-order valence-corrected chi connectivity index (χ4v) is 5.83. The molecule has 228 valence electrons. The fourth-order valence-electron chi connectivity index (χ4n) is 4.39. The van der Waals surface area contributed by atoms with E-state index in [-0.39, 0.29) is 31.5 Å². The van der Waals surface area contributed by atoms with E-state index in [0.29, 0.717) is 5.70 Å². The largest absolute Gasteiger partial charge is 0.501 e. The van der Waals surface area contributed by atoms with E-state index in [1.54, 1.807) is 47.7 Å². The summed E-state index contributed by atoms with van der Waals surface area (Å²) in [5, 5.41) is 24.5. The van der Waals surface area contributed by atoms with Crippen molar-refractivity contribution in [2.75, 3.05) is 5.75 Å². The SMILES string of the molecule is C=C/C=C\C(=C/C)N1C(=O)/C(=C/c2cc(I)c(O)c([N+](=O)[O-])c2)C(=O)N=C1SCC(=O)NC(c1ccccc1)c1ccccc1. The third-order valence-electron chi connectivity index (χ3n) is 6.49. The van der Waals surface area contributed by atoms with Crippen molar-refractivity contribution in [1.29, 1.82) is 0 Å². The van der Waals surface area contributed by atoms with Crippen molar-refractivity contribution in [3.63, 3.8) is 0 Å². The van der Waals surface area contributed by atoms with Gasteiger partial charge in [0.15, 0.2) is 5.17 Å². The summed E-state index contributed by atoms with van der Waals surface area (Å²) in [5.74, 6) is -2.64. The zero-order valence-corrected chi connectivity index (χ0v) is 26.9. The Morgan fingerprint density at radius 1 is 1.13 bits per heavy atom. The summed E-state index contributed by atoms with van der Waals surface area (Å²) in [6.07, 6.45) is 7.55. The number of nitro groups is 1. The van der Waals surface area contributed by atoms with Crippen LogP contribution in [0, 0.1) is 13.7 Å². The normalized spacial score (nSPS) is 14.6. The smallest absolute Gasteiger partial charge is 0.312 e. The molecule has 1 aliphatic rings. The minimum absolute atomic E-state index is 0.0126. The van der Waals surface area contributed by atoms with E-state index in [1.165, 1.54) is 23.1 Å². The van der Waals surface area contributed by atoms with Crippen molar-refractivity contribution in [3.05, 3.63) is 145 Å². The van der Waals surface area contributed by atoms with E-state index in [0.717, 1.165) is 29.0 Å². The second kappa shape index (κ2) is 15.3. The van der Waals surface area contributed by atoms with Gasteiger partial charge in [0, 0.05) is 11.8 Å². The Labute approximate surface area is 277 Å². The lowest BCUT2D eigenvalue weighted by Crippen LogP contribution is -2.42. The molecule has 0 atom stereocenters. The van der Waals surface area contributed by atoms with Gasteiger partial charge in [0.05, 0.1) is 20.3 Å². The van der Waals surface area contributed by atoms with E-state index in [4.69, 9.17) is 0 Å². The lowest BCUT2D eigenvalue weighted by atomic mass is 9.99. The summed E-state index contributed by atoms with van der Waals surface area (Å²) in [5.41, 5.74) is 1.37. The number of hydrogen-bond donors (Lipinski definition) is 2. The lowest BCUT2D eigenvalue weighted by molar-refractivity contribution is -0.386. The average Bonchev–Trinajstić information content (AvgIpc) is 3.04. The molecule has 4 rings (SSSR count). The zero-order chi connectivity index (χ0) is 32.5. The number of nitrogens with one attached hydrogen (secondary N) is 1. The number of benzene rings is 3. The maximum Gasteiger partial charge on any atom is 0.312 e. The number of nitrogens with zero attached hydrogens (tertiary/aromatic N) is 3. The molecule has 0 bridgehead atoms. The van der Waals surface area contributed by atoms with Crippen molar-refractivity contribution in [1.82, 2.24) is 10.2 Å². The van der Waals surface area contributed by atoms with Crippen LogP contribution in [0.1, 0.15) is 29.7 Å². The van der Waals surface area contributed by atoms with Gasteiger partial charge >= 0.3 is 5.69 Å². The van der Waals surface area contributed by atoms with Crippen LogP contribution in [-0.4, -0.2) is 43.6 Å². The van der Waals surface area contributed by atoms with E-state index in [1.807, 2.05) is 60.7 Å². The third-order valence-corrected chi connectivity index (χ3v) is 8.25. The van der Waals surface area contributed by atoms with E-state index < -0.39 is 34.2 Å². The second-order valence-corrected chi connectivity index (χ2v) is 11.5. The van der Waals surface area contributed by atoms with Crippen molar-refractivity contribution in [3.8, 4) is 5.75 Å². The summed E-state index contributed by atoms with van der Waals surface area (Å²) in [6, 6.07) is 21.0. The van der Waals surface area contributed by atoms with Crippen molar-refractivity contribution in [2.24, 2.45) is 4.99 Å². The first-order valence-electron chi connectivity index (χ1n) is 13.5. The average molecular weight is 735 g/mol. The minimum atomic E-state index is -0.875. The van der Waals surface area contributed by atoms with Crippen LogP contribution in [0.2, 0.25) is 0 Å². The van der Waals surface area contributed by atoms with Crippen LogP contribution < -0.4 is 5.32 Å². The van der Waals surface area contributed by atoms with Gasteiger partial charge in [-0.25, -0.2) is 0 Å². The number of thioether (sulfide) groups is 1. The number of amidine groups is 1. The number of aromatic hydroxyl groups is 1. The maximum absolute atomic E-state index is 13.8. The Balaban J connectivity index is 1.65. The van der Waals surface area contributed by atoms with Gasteiger partial charge in [-0.1, -0.05) is 97.2 Å². The number of hydrogen-bond acceptors (Lipinski definition) is 7. The van der Waals surface area contributed by atoms with Gasteiger partial charge in [0.25, 0.3) is 11.8 Å². The van der Waals surface area contributed by atoms with Gasteiger partial charge in [-0.2, -0.15) is 4.99 Å². The number of carbonyl (C=O) groups excluding carboxylic acids is 3. The highest BCUT2D eigenvalue weighted by Gasteiger charge is 2.35. The Morgan fingerprint density at radius 3 is 2.31 bits per heavy atom. The summed E-state index contributed by atoms with van der Waals surface area (Å²) in [7, 11) is 0. The molecule has 0 radical (unpaired) electrons. The number of rotatable bonds is 10. The first-order chi connectivity index (χ1) is 21.6. The standard InChI is InChI=1S/C33H27IN4O6S/c1-3-5-16-24(4-2)37-32(42)25(17-21-18-26(34)30(40)27(19-21)38(43)44)31(41)36-33(37)45-20-28(39)35-29(22-12-8-6-9-13-22)23-14-10-7-11-15-23/h3-19,29,40H,1,20H2,2H3,(H,35,39)/b16-5-,24-4+,25-17+. The molecule has 3 amide bonds. The number of amides is 3. The Kier molecular flexibility index (Phi) is 11.2. The molecule has 0 aliphatic carbocycles. The number of phenolic OH excluding ortho intramolecular Hbond substituents is 1. The lowest BCUT2D eigenvalue weighted by Gasteiger charge is -2.28. The van der Waals surface area contributed by atoms with Gasteiger partial charge in [0.2, 0.25) is 11.7 Å². The quantitative estimate of drug-likeness (QED) is 0.0622. The number of allylic oxidation sites excluding steroid dienone is 4. The Hall–Kier alpha value is -4.82. The Morgan fingerprint density at radius 2 is 1.76 bits per heavy atom. The number of aliphatic imine (C=N–C) groups is 1. The molecule has 2 N–H and O–H groups in total. The van der Waals surface area contributed by atoms with E-state index >= 15 is 0 Å². The monoisotopic (exact) mass is 734 g/mol. The molecule has 1 heterocycles. The third kappa shape index (κ3) is 8.02. The molecule has 3 aromatic carbocycles. The molecule has 0 saturated carbocycles. The van der Waals surface area contributed by atoms with Crippen LogP contribution in [0.4, 0.5) is 5.69 Å². The molecule has 45 heavy (non-hydrogen) atoms. The first kappa shape index (κ1) is 33.1. The summed E-state index contributed by atoms with van der Waals surface area (Å²) in [6.45, 7) is 5.36. The number of nitro benzene ring substituents is 1. The van der Waals surface area contributed by atoms with E-state index in [2.05, 4.69) is 16.9 Å². The Bertz CT molecular complexity index is 1730. The van der Waals surface area contributed by atoms with Gasteiger partial charge in [0.1, 0.15) is 5.57 Å². The summed E-state index contributed by atoms with van der Waals surface area (Å²) in [4.78, 5) is 56.3. The number of carbonyl (C=O) groups is 3. The molecule has 0 fully saturated rings. The summed E-state index contributed by atoms with van der Waals surface area (Å²) >= 11 is 2.65.